The van der Waals surface area contributed by atoms with Gasteiger partial charge in [0.25, 0.3) is 0 Å². The van der Waals surface area contributed by atoms with Crippen LogP contribution in [0.15, 0.2) is 24.3 Å². The summed E-state index contributed by atoms with van der Waals surface area (Å²) in [7, 11) is -3.04. The van der Waals surface area contributed by atoms with Gasteiger partial charge in [-0.05, 0) is 50.5 Å². The summed E-state index contributed by atoms with van der Waals surface area (Å²) in [6.07, 6.45) is 4.99. The summed E-state index contributed by atoms with van der Waals surface area (Å²) in [5.74, 6) is 0.528. The largest absolute Gasteiger partial charge is 0.342 e. The summed E-state index contributed by atoms with van der Waals surface area (Å²) in [6.45, 7) is 4.01. The van der Waals surface area contributed by atoms with Crippen molar-refractivity contribution in [1.82, 2.24) is 9.80 Å². The standard InChI is InChI=1S/C23H32N2O4S/c1-17-2-4-18(5-3-17)6-7-19-8-11-24(12-9-19)23(27)20-14-22(26)25(15-20)21-10-13-30(28,29)16-21/h2-5,19-21H,6-16H2,1H3/t20-,21-/m1/s1. The Hall–Kier alpha value is -1.89. The average Bonchev–Trinajstić information content (AvgIpc) is 3.29. The molecule has 0 radical (unpaired) electrons. The van der Waals surface area contributed by atoms with Crippen molar-refractivity contribution in [3.05, 3.63) is 35.4 Å². The van der Waals surface area contributed by atoms with Gasteiger partial charge in [-0.25, -0.2) is 8.42 Å². The molecule has 0 saturated carbocycles. The minimum Gasteiger partial charge on any atom is -0.342 e. The van der Waals surface area contributed by atoms with Gasteiger partial charge in [0.15, 0.2) is 9.84 Å². The van der Waals surface area contributed by atoms with E-state index in [1.807, 2.05) is 4.90 Å². The molecule has 0 aromatic heterocycles. The number of hydrogen-bond acceptors (Lipinski definition) is 4. The van der Waals surface area contributed by atoms with Crippen molar-refractivity contribution in [3.8, 4) is 0 Å². The summed E-state index contributed by atoms with van der Waals surface area (Å²) in [4.78, 5) is 29.0. The lowest BCUT2D eigenvalue weighted by Gasteiger charge is -2.33. The van der Waals surface area contributed by atoms with E-state index in [4.69, 9.17) is 0 Å². The molecule has 0 bridgehead atoms. The van der Waals surface area contributed by atoms with Gasteiger partial charge >= 0.3 is 0 Å². The van der Waals surface area contributed by atoms with Crippen molar-refractivity contribution in [2.75, 3.05) is 31.1 Å². The number of benzene rings is 1. The fourth-order valence-corrected chi connectivity index (χ4v) is 6.83. The third-order valence-electron chi connectivity index (χ3n) is 7.04. The fourth-order valence-electron chi connectivity index (χ4n) is 5.10. The molecule has 3 aliphatic rings. The normalized spacial score (nSPS) is 27.0. The molecular formula is C23H32N2O4S. The molecule has 3 saturated heterocycles. The van der Waals surface area contributed by atoms with Gasteiger partial charge in [-0.3, -0.25) is 9.59 Å². The van der Waals surface area contributed by atoms with E-state index in [-0.39, 0.29) is 41.7 Å². The molecule has 3 fully saturated rings. The van der Waals surface area contributed by atoms with Crippen LogP contribution in [0.3, 0.4) is 0 Å². The van der Waals surface area contributed by atoms with Gasteiger partial charge in [-0.15, -0.1) is 0 Å². The minimum atomic E-state index is -3.04. The van der Waals surface area contributed by atoms with Crippen LogP contribution in [0.4, 0.5) is 0 Å². The third kappa shape index (κ3) is 4.88. The van der Waals surface area contributed by atoms with Gasteiger partial charge in [-0.2, -0.15) is 0 Å². The number of hydrogen-bond donors (Lipinski definition) is 0. The van der Waals surface area contributed by atoms with Crippen LogP contribution < -0.4 is 0 Å². The van der Waals surface area contributed by atoms with Gasteiger partial charge in [0.05, 0.1) is 17.4 Å². The Morgan fingerprint density at radius 3 is 2.43 bits per heavy atom. The molecule has 3 aliphatic heterocycles. The number of carbonyl (C=O) groups excluding carboxylic acids is 2. The minimum absolute atomic E-state index is 0.0476. The highest BCUT2D eigenvalue weighted by atomic mass is 32.2. The highest BCUT2D eigenvalue weighted by Gasteiger charge is 2.43. The molecule has 6 nitrogen and oxygen atoms in total. The van der Waals surface area contributed by atoms with Crippen LogP contribution in [-0.4, -0.2) is 67.2 Å². The van der Waals surface area contributed by atoms with E-state index in [9.17, 15) is 18.0 Å². The molecule has 3 heterocycles. The molecular weight excluding hydrogens is 400 g/mol. The van der Waals surface area contributed by atoms with Crippen LogP contribution in [0, 0.1) is 18.8 Å². The summed E-state index contributed by atoms with van der Waals surface area (Å²) in [6, 6.07) is 8.47. The second-order valence-electron chi connectivity index (χ2n) is 9.30. The summed E-state index contributed by atoms with van der Waals surface area (Å²) in [5.41, 5.74) is 2.65. The first-order chi connectivity index (χ1) is 14.3. The maximum absolute atomic E-state index is 13.0. The van der Waals surface area contributed by atoms with Crippen LogP contribution in [0.1, 0.15) is 43.2 Å². The van der Waals surface area contributed by atoms with Crippen LogP contribution in [0.5, 0.6) is 0 Å². The van der Waals surface area contributed by atoms with E-state index in [0.29, 0.717) is 18.9 Å². The molecule has 0 aliphatic carbocycles. The molecule has 164 valence electrons. The van der Waals surface area contributed by atoms with Crippen molar-refractivity contribution in [3.63, 3.8) is 0 Å². The van der Waals surface area contributed by atoms with Crippen molar-refractivity contribution in [2.24, 2.45) is 11.8 Å². The number of aryl methyl sites for hydroxylation is 2. The Labute approximate surface area is 179 Å². The van der Waals surface area contributed by atoms with Crippen LogP contribution in [0.25, 0.3) is 0 Å². The number of sulfone groups is 1. The summed E-state index contributed by atoms with van der Waals surface area (Å²) >= 11 is 0. The number of rotatable bonds is 5. The highest BCUT2D eigenvalue weighted by Crippen LogP contribution is 2.29. The molecule has 1 aromatic carbocycles. The molecule has 1 aromatic rings. The van der Waals surface area contributed by atoms with E-state index < -0.39 is 9.84 Å². The van der Waals surface area contributed by atoms with Crippen LogP contribution >= 0.6 is 0 Å². The van der Waals surface area contributed by atoms with E-state index >= 15 is 0 Å². The SMILES string of the molecule is Cc1ccc(CCC2CCN(C(=O)[C@@H]3CC(=O)N([C@@H]4CCS(=O)(=O)C4)C3)CC2)cc1. The Balaban J connectivity index is 1.24. The van der Waals surface area contributed by atoms with E-state index in [0.717, 1.165) is 38.8 Å². The monoisotopic (exact) mass is 432 g/mol. The number of piperidine rings is 1. The first kappa shape index (κ1) is 21.3. The predicted molar refractivity (Wildman–Crippen MR) is 116 cm³/mol. The zero-order chi connectivity index (χ0) is 21.3. The Morgan fingerprint density at radius 2 is 1.80 bits per heavy atom. The first-order valence-corrected chi connectivity index (χ1v) is 13.0. The fraction of sp³-hybridized carbons (Fsp3) is 0.652. The maximum Gasteiger partial charge on any atom is 0.227 e. The second-order valence-corrected chi connectivity index (χ2v) is 11.5. The quantitative estimate of drug-likeness (QED) is 0.715. The van der Waals surface area contributed by atoms with Crippen molar-refractivity contribution in [2.45, 2.75) is 51.5 Å². The molecule has 4 rings (SSSR count). The molecule has 7 heteroatoms. The van der Waals surface area contributed by atoms with Crippen LogP contribution in [-0.2, 0) is 25.8 Å². The van der Waals surface area contributed by atoms with Crippen LogP contribution in [0.2, 0.25) is 0 Å². The van der Waals surface area contributed by atoms with Gasteiger partial charge in [0.1, 0.15) is 0 Å². The maximum atomic E-state index is 13.0. The average molecular weight is 433 g/mol. The molecule has 0 N–H and O–H groups in total. The number of likely N-dealkylation sites (tertiary alicyclic amines) is 2. The molecule has 2 amide bonds. The predicted octanol–water partition coefficient (Wildman–Crippen LogP) is 2.20. The number of carbonyl (C=O) groups is 2. The Morgan fingerprint density at radius 1 is 1.10 bits per heavy atom. The lowest BCUT2D eigenvalue weighted by atomic mass is 9.90. The molecule has 2 atom stereocenters. The lowest BCUT2D eigenvalue weighted by Crippen LogP contribution is -2.43. The number of nitrogens with zero attached hydrogens (tertiary/aromatic N) is 2. The van der Waals surface area contributed by atoms with Gasteiger partial charge < -0.3 is 9.80 Å². The summed E-state index contributed by atoms with van der Waals surface area (Å²) in [5, 5.41) is 0. The van der Waals surface area contributed by atoms with E-state index in [1.165, 1.54) is 11.1 Å². The zero-order valence-electron chi connectivity index (χ0n) is 17.8. The van der Waals surface area contributed by atoms with Crippen molar-refractivity contribution >= 4 is 21.7 Å². The van der Waals surface area contributed by atoms with Crippen molar-refractivity contribution in [1.29, 1.82) is 0 Å². The summed E-state index contributed by atoms with van der Waals surface area (Å²) < 4.78 is 23.5. The molecule has 0 spiro atoms. The Kier molecular flexibility index (Phi) is 6.19. The zero-order valence-corrected chi connectivity index (χ0v) is 18.6. The number of amides is 2. The first-order valence-electron chi connectivity index (χ1n) is 11.1. The van der Waals surface area contributed by atoms with Crippen molar-refractivity contribution < 1.29 is 18.0 Å². The molecule has 30 heavy (non-hydrogen) atoms. The topological polar surface area (TPSA) is 74.8 Å². The third-order valence-corrected chi connectivity index (χ3v) is 8.80. The Bertz CT molecular complexity index is 888. The van der Waals surface area contributed by atoms with Gasteiger partial charge in [0, 0.05) is 32.1 Å². The van der Waals surface area contributed by atoms with Gasteiger partial charge in [-0.1, -0.05) is 29.8 Å². The second kappa shape index (κ2) is 8.69. The van der Waals surface area contributed by atoms with E-state index in [2.05, 4.69) is 31.2 Å². The molecule has 0 unspecified atom stereocenters. The van der Waals surface area contributed by atoms with E-state index in [1.54, 1.807) is 4.90 Å². The smallest absolute Gasteiger partial charge is 0.227 e. The highest BCUT2D eigenvalue weighted by molar-refractivity contribution is 7.91. The van der Waals surface area contributed by atoms with Gasteiger partial charge in [0.2, 0.25) is 11.8 Å². The lowest BCUT2D eigenvalue weighted by molar-refractivity contribution is -0.137.